The molecule has 2 aromatic carbocycles. The second kappa shape index (κ2) is 7.89. The summed E-state index contributed by atoms with van der Waals surface area (Å²) in [5, 5.41) is 13.9. The highest BCUT2D eigenvalue weighted by molar-refractivity contribution is 7.22. The molecule has 0 atom stereocenters. The van der Waals surface area contributed by atoms with Gasteiger partial charge in [0.1, 0.15) is 11.3 Å². The first-order valence-electron chi connectivity index (χ1n) is 8.25. The number of carbonyl (C=O) groups is 1. The summed E-state index contributed by atoms with van der Waals surface area (Å²) < 4.78 is 0.887. The van der Waals surface area contributed by atoms with Crippen molar-refractivity contribution in [3.63, 3.8) is 0 Å². The number of aromatic hydroxyl groups is 1. The van der Waals surface area contributed by atoms with Gasteiger partial charge in [-0.15, -0.1) is 6.42 Å². The van der Waals surface area contributed by atoms with E-state index in [0.717, 1.165) is 27.9 Å². The Morgan fingerprint density at radius 1 is 1.27 bits per heavy atom. The van der Waals surface area contributed by atoms with Gasteiger partial charge >= 0.3 is 0 Å². The second-order valence-electron chi connectivity index (χ2n) is 5.96. The maximum absolute atomic E-state index is 11.2. The Bertz CT molecular complexity index is 988. The highest BCUT2D eigenvalue weighted by atomic mass is 32.1. The van der Waals surface area contributed by atoms with Crippen LogP contribution < -0.4 is 11.1 Å². The number of hydrogen-bond acceptors (Lipinski definition) is 6. The van der Waals surface area contributed by atoms with Crippen molar-refractivity contribution in [1.29, 1.82) is 0 Å². The molecule has 0 radical (unpaired) electrons. The maximum atomic E-state index is 11.2. The molecule has 0 aliphatic heterocycles. The van der Waals surface area contributed by atoms with Crippen LogP contribution in [0.1, 0.15) is 17.5 Å². The molecular weight excluding hydrogens is 346 g/mol. The fourth-order valence-electron chi connectivity index (χ4n) is 2.75. The van der Waals surface area contributed by atoms with E-state index in [9.17, 15) is 9.90 Å². The van der Waals surface area contributed by atoms with E-state index >= 15 is 0 Å². The van der Waals surface area contributed by atoms with Gasteiger partial charge in [0.05, 0.1) is 4.70 Å². The van der Waals surface area contributed by atoms with Crippen LogP contribution in [-0.2, 0) is 17.6 Å². The van der Waals surface area contributed by atoms with E-state index in [1.54, 1.807) is 6.07 Å². The molecule has 0 fully saturated rings. The minimum atomic E-state index is -0.178. The molecule has 0 amide bonds. The molecule has 3 aromatic rings. The number of Topliss-reactive ketones (excluding diaryl/α,β-unsaturated/α-hetero) is 1. The third-order valence-corrected chi connectivity index (χ3v) is 4.85. The van der Waals surface area contributed by atoms with Crippen LogP contribution in [0.2, 0.25) is 0 Å². The van der Waals surface area contributed by atoms with Crippen LogP contribution in [0.4, 0.5) is 10.8 Å². The topological polar surface area (TPSA) is 88.2 Å². The average molecular weight is 365 g/mol. The third kappa shape index (κ3) is 4.32. The van der Waals surface area contributed by atoms with Crippen LogP contribution in [0.5, 0.6) is 5.75 Å². The van der Waals surface area contributed by atoms with Crippen LogP contribution in [0.3, 0.4) is 0 Å². The molecule has 0 aliphatic carbocycles. The normalized spacial score (nSPS) is 10.6. The number of nitrogen functional groups attached to an aromatic ring is 1. The number of nitrogens with two attached hydrogens (primary N) is 1. The minimum absolute atomic E-state index is 0.158. The quantitative estimate of drug-likeness (QED) is 0.441. The number of nitrogens with one attached hydrogen (secondary N) is 1. The molecule has 1 aromatic heterocycles. The van der Waals surface area contributed by atoms with Crippen molar-refractivity contribution < 1.29 is 9.90 Å². The first kappa shape index (κ1) is 17.8. The fraction of sp³-hybridized carbons (Fsp3) is 0.200. The fourth-order valence-corrected chi connectivity index (χ4v) is 3.57. The SMILES string of the molecule is C#CC(=O)CCc1cccc(NCCc2cc(O)c3nc(N)sc3c2)c1. The van der Waals surface area contributed by atoms with Crippen molar-refractivity contribution >= 4 is 38.2 Å². The number of carbonyl (C=O) groups excluding carboxylic acids is 1. The van der Waals surface area contributed by atoms with Crippen molar-refractivity contribution in [2.24, 2.45) is 0 Å². The molecule has 0 bridgehead atoms. The van der Waals surface area contributed by atoms with Crippen molar-refractivity contribution in [1.82, 2.24) is 4.98 Å². The van der Waals surface area contributed by atoms with Crippen molar-refractivity contribution in [3.8, 4) is 18.1 Å². The molecule has 1 heterocycles. The van der Waals surface area contributed by atoms with Crippen LogP contribution in [0.15, 0.2) is 36.4 Å². The number of ketones is 1. The van der Waals surface area contributed by atoms with E-state index in [1.165, 1.54) is 11.3 Å². The highest BCUT2D eigenvalue weighted by Crippen LogP contribution is 2.31. The number of aryl methyl sites for hydroxylation is 1. The Morgan fingerprint density at radius 2 is 2.12 bits per heavy atom. The summed E-state index contributed by atoms with van der Waals surface area (Å²) >= 11 is 1.37. The number of hydrogen-bond donors (Lipinski definition) is 3. The van der Waals surface area contributed by atoms with E-state index < -0.39 is 0 Å². The van der Waals surface area contributed by atoms with Gasteiger partial charge in [-0.3, -0.25) is 4.79 Å². The van der Waals surface area contributed by atoms with Crippen LogP contribution in [0.25, 0.3) is 10.2 Å². The van der Waals surface area contributed by atoms with Crippen molar-refractivity contribution in [2.45, 2.75) is 19.3 Å². The summed E-state index contributed by atoms with van der Waals surface area (Å²) in [6.07, 6.45) is 6.84. The molecule has 4 N–H and O–H groups in total. The number of fused-ring (bicyclic) bond motifs is 1. The smallest absolute Gasteiger partial charge is 0.205 e. The molecule has 132 valence electrons. The largest absolute Gasteiger partial charge is 0.506 e. The molecule has 3 rings (SSSR count). The zero-order chi connectivity index (χ0) is 18.5. The van der Waals surface area contributed by atoms with Gasteiger partial charge < -0.3 is 16.2 Å². The van der Waals surface area contributed by atoms with Gasteiger partial charge in [-0.1, -0.05) is 23.5 Å². The number of anilines is 2. The van der Waals surface area contributed by atoms with E-state index in [0.29, 0.717) is 30.0 Å². The Balaban J connectivity index is 1.59. The number of terminal acetylenes is 1. The molecule has 0 aliphatic rings. The van der Waals surface area contributed by atoms with Gasteiger partial charge in [0, 0.05) is 18.7 Å². The van der Waals surface area contributed by atoms with Crippen LogP contribution in [0, 0.1) is 12.3 Å². The summed E-state index contributed by atoms with van der Waals surface area (Å²) in [6, 6.07) is 11.7. The summed E-state index contributed by atoms with van der Waals surface area (Å²) in [5.41, 5.74) is 9.33. The number of aromatic nitrogens is 1. The average Bonchev–Trinajstić information content (AvgIpc) is 3.01. The van der Waals surface area contributed by atoms with Gasteiger partial charge in [0.25, 0.3) is 0 Å². The first-order valence-corrected chi connectivity index (χ1v) is 9.07. The van der Waals surface area contributed by atoms with Crippen LogP contribution >= 0.6 is 11.3 Å². The maximum Gasteiger partial charge on any atom is 0.205 e. The number of rotatable bonds is 7. The summed E-state index contributed by atoms with van der Waals surface area (Å²) in [6.45, 7) is 0.714. The number of phenolic OH excluding ortho intramolecular Hbond substituents is 1. The van der Waals surface area contributed by atoms with Crippen LogP contribution in [-0.4, -0.2) is 22.4 Å². The van der Waals surface area contributed by atoms with E-state index in [1.807, 2.05) is 30.3 Å². The Morgan fingerprint density at radius 3 is 2.92 bits per heavy atom. The minimum Gasteiger partial charge on any atom is -0.506 e. The summed E-state index contributed by atoms with van der Waals surface area (Å²) in [7, 11) is 0. The summed E-state index contributed by atoms with van der Waals surface area (Å²) in [4.78, 5) is 15.4. The highest BCUT2D eigenvalue weighted by Gasteiger charge is 2.08. The number of thiazole rings is 1. The lowest BCUT2D eigenvalue weighted by Gasteiger charge is -2.09. The molecule has 26 heavy (non-hydrogen) atoms. The molecule has 0 spiro atoms. The van der Waals surface area contributed by atoms with Crippen molar-refractivity contribution in [3.05, 3.63) is 47.5 Å². The number of nitrogens with zero attached hydrogens (tertiary/aromatic N) is 1. The third-order valence-electron chi connectivity index (χ3n) is 4.02. The Kier molecular flexibility index (Phi) is 5.40. The van der Waals surface area contributed by atoms with Gasteiger partial charge in [-0.05, 0) is 54.2 Å². The lowest BCUT2D eigenvalue weighted by molar-refractivity contribution is -0.113. The molecule has 0 unspecified atom stereocenters. The molecule has 5 nitrogen and oxygen atoms in total. The molecule has 0 saturated carbocycles. The van der Waals surface area contributed by atoms with Gasteiger partial charge in [0.2, 0.25) is 5.78 Å². The predicted molar refractivity (Wildman–Crippen MR) is 106 cm³/mol. The standard InChI is InChI=1S/C20H19N3O2S/c1-2-16(24)7-6-13-4-3-5-15(10-13)22-9-8-14-11-17(25)19-18(12-14)26-20(21)23-19/h1,3-5,10-12,22,25H,6-9H2,(H2,21,23). The van der Waals surface area contributed by atoms with Crippen molar-refractivity contribution in [2.75, 3.05) is 17.6 Å². The monoisotopic (exact) mass is 365 g/mol. The first-order chi connectivity index (χ1) is 12.5. The van der Waals surface area contributed by atoms with E-state index in [-0.39, 0.29) is 11.5 Å². The van der Waals surface area contributed by atoms with E-state index in [2.05, 4.69) is 16.2 Å². The van der Waals surface area contributed by atoms with E-state index in [4.69, 9.17) is 12.2 Å². The molecule has 0 saturated heterocycles. The lowest BCUT2D eigenvalue weighted by Crippen LogP contribution is -2.05. The van der Waals surface area contributed by atoms with Gasteiger partial charge in [-0.2, -0.15) is 0 Å². The Hall–Kier alpha value is -3.04. The lowest BCUT2D eigenvalue weighted by atomic mass is 10.1. The molecular formula is C20H19N3O2S. The van der Waals surface area contributed by atoms with Gasteiger partial charge in [0.15, 0.2) is 5.13 Å². The number of benzene rings is 2. The second-order valence-corrected chi connectivity index (χ2v) is 7.02. The summed E-state index contributed by atoms with van der Waals surface area (Å²) in [5.74, 6) is 2.11. The molecule has 6 heteroatoms. The zero-order valence-electron chi connectivity index (χ0n) is 14.2. The Labute approximate surface area is 155 Å². The number of phenols is 1. The predicted octanol–water partition coefficient (Wildman–Crippen LogP) is 3.37. The van der Waals surface area contributed by atoms with Gasteiger partial charge in [-0.25, -0.2) is 4.98 Å². The zero-order valence-corrected chi connectivity index (χ0v) is 15.0.